The van der Waals surface area contributed by atoms with E-state index in [1.165, 1.54) is 0 Å². The minimum Gasteiger partial charge on any atom is -0.476 e. The Hall–Kier alpha value is -2.81. The van der Waals surface area contributed by atoms with Crippen LogP contribution in [0.4, 0.5) is 0 Å². The van der Waals surface area contributed by atoms with Gasteiger partial charge in [0.05, 0.1) is 6.54 Å². The molecule has 0 aliphatic rings. The standard InChI is InChI=1S/C22H25ClN2O6.ClH/c1-22(2,21(28)30-14-29-19(26)13-24)31-18-9-3-15(4-10-18)11-12-25-20(27)16-5-7-17(23)8-6-16;/h3-10H,11-14,24H2,1-2H3,(H,25,27);1H. The molecule has 2 aromatic carbocycles. The van der Waals surface area contributed by atoms with E-state index in [4.69, 9.17) is 26.8 Å². The Morgan fingerprint density at radius 1 is 1.00 bits per heavy atom. The van der Waals surface area contributed by atoms with Crippen LogP contribution in [0.5, 0.6) is 5.75 Å². The van der Waals surface area contributed by atoms with Crippen LogP contribution in [-0.2, 0) is 25.5 Å². The zero-order valence-corrected chi connectivity index (χ0v) is 19.3. The highest BCUT2D eigenvalue weighted by atomic mass is 35.5. The van der Waals surface area contributed by atoms with Gasteiger partial charge in [0.2, 0.25) is 6.79 Å². The van der Waals surface area contributed by atoms with Crippen molar-refractivity contribution in [1.29, 1.82) is 0 Å². The number of amides is 1. The summed E-state index contributed by atoms with van der Waals surface area (Å²) in [6.45, 7) is 2.72. The van der Waals surface area contributed by atoms with Gasteiger partial charge in [0.1, 0.15) is 5.75 Å². The molecular formula is C22H26Cl2N2O6. The molecule has 0 saturated heterocycles. The van der Waals surface area contributed by atoms with Gasteiger partial charge in [0.15, 0.2) is 5.60 Å². The Morgan fingerprint density at radius 3 is 2.22 bits per heavy atom. The van der Waals surface area contributed by atoms with Crippen LogP contribution in [0, 0.1) is 0 Å². The zero-order valence-electron chi connectivity index (χ0n) is 17.8. The van der Waals surface area contributed by atoms with Gasteiger partial charge >= 0.3 is 11.9 Å². The molecule has 32 heavy (non-hydrogen) atoms. The van der Waals surface area contributed by atoms with Crippen LogP contribution < -0.4 is 15.8 Å². The third-order valence-corrected chi connectivity index (χ3v) is 4.42. The van der Waals surface area contributed by atoms with Crippen molar-refractivity contribution in [3.63, 3.8) is 0 Å². The lowest BCUT2D eigenvalue weighted by Crippen LogP contribution is -2.40. The van der Waals surface area contributed by atoms with Gasteiger partial charge in [-0.25, -0.2) is 4.79 Å². The van der Waals surface area contributed by atoms with E-state index >= 15 is 0 Å². The van der Waals surface area contributed by atoms with Crippen molar-refractivity contribution < 1.29 is 28.6 Å². The van der Waals surface area contributed by atoms with Crippen molar-refractivity contribution in [1.82, 2.24) is 5.32 Å². The quantitative estimate of drug-likeness (QED) is 0.393. The number of nitrogens with one attached hydrogen (secondary N) is 1. The molecule has 2 rings (SSSR count). The van der Waals surface area contributed by atoms with Gasteiger partial charge in [-0.3, -0.25) is 9.59 Å². The van der Waals surface area contributed by atoms with Crippen molar-refractivity contribution in [2.45, 2.75) is 25.9 Å². The van der Waals surface area contributed by atoms with Gasteiger partial charge in [0, 0.05) is 17.1 Å². The van der Waals surface area contributed by atoms with Gasteiger partial charge in [-0.05, 0) is 62.2 Å². The number of benzene rings is 2. The van der Waals surface area contributed by atoms with Crippen molar-refractivity contribution in [2.75, 3.05) is 19.9 Å². The fourth-order valence-corrected chi connectivity index (χ4v) is 2.59. The van der Waals surface area contributed by atoms with Crippen LogP contribution in [0.3, 0.4) is 0 Å². The third kappa shape index (κ3) is 8.74. The molecule has 0 atom stereocenters. The molecule has 8 nitrogen and oxygen atoms in total. The first-order valence-corrected chi connectivity index (χ1v) is 9.93. The van der Waals surface area contributed by atoms with Gasteiger partial charge in [0.25, 0.3) is 5.91 Å². The van der Waals surface area contributed by atoms with Crippen molar-refractivity contribution in [2.24, 2.45) is 5.73 Å². The average Bonchev–Trinajstić information content (AvgIpc) is 2.74. The molecule has 3 N–H and O–H groups in total. The minimum atomic E-state index is -1.29. The normalized spacial score (nSPS) is 10.5. The predicted molar refractivity (Wildman–Crippen MR) is 122 cm³/mol. The lowest BCUT2D eigenvalue weighted by molar-refractivity contribution is -0.176. The summed E-state index contributed by atoms with van der Waals surface area (Å²) in [7, 11) is 0. The summed E-state index contributed by atoms with van der Waals surface area (Å²) in [5.41, 5.74) is 5.34. The first kappa shape index (κ1) is 27.2. The first-order chi connectivity index (χ1) is 14.7. The number of nitrogens with two attached hydrogens (primary N) is 1. The van der Waals surface area contributed by atoms with Crippen molar-refractivity contribution in [3.8, 4) is 5.75 Å². The molecule has 0 fully saturated rings. The second kappa shape index (κ2) is 12.9. The van der Waals surface area contributed by atoms with Crippen LogP contribution in [0.2, 0.25) is 5.02 Å². The molecule has 0 aliphatic heterocycles. The van der Waals surface area contributed by atoms with Crippen LogP contribution in [0.25, 0.3) is 0 Å². The van der Waals surface area contributed by atoms with E-state index in [9.17, 15) is 14.4 Å². The number of carbonyl (C=O) groups is 3. The molecule has 0 aromatic heterocycles. The van der Waals surface area contributed by atoms with Crippen molar-refractivity contribution >= 4 is 41.9 Å². The lowest BCUT2D eigenvalue weighted by atomic mass is 10.1. The maximum atomic E-state index is 12.1. The van der Waals surface area contributed by atoms with Crippen molar-refractivity contribution in [3.05, 3.63) is 64.7 Å². The summed E-state index contributed by atoms with van der Waals surface area (Å²) >= 11 is 5.82. The fourth-order valence-electron chi connectivity index (χ4n) is 2.47. The molecule has 1 amide bonds. The number of halogens is 2. The molecule has 2 aromatic rings. The SMILES string of the molecule is CC(C)(Oc1ccc(CCNC(=O)c2ccc(Cl)cc2)cc1)C(=O)OCOC(=O)CN.Cl. The highest BCUT2D eigenvalue weighted by Gasteiger charge is 2.32. The molecule has 0 heterocycles. The third-order valence-electron chi connectivity index (χ3n) is 4.17. The monoisotopic (exact) mass is 484 g/mol. The highest BCUT2D eigenvalue weighted by Crippen LogP contribution is 2.20. The van der Waals surface area contributed by atoms with Crippen LogP contribution in [-0.4, -0.2) is 43.3 Å². The molecule has 0 radical (unpaired) electrons. The summed E-state index contributed by atoms with van der Waals surface area (Å²) < 4.78 is 15.2. The summed E-state index contributed by atoms with van der Waals surface area (Å²) in [6, 6.07) is 13.8. The Morgan fingerprint density at radius 2 is 1.62 bits per heavy atom. The summed E-state index contributed by atoms with van der Waals surface area (Å²) in [5.74, 6) is -1.07. The Labute approximate surface area is 197 Å². The molecule has 0 spiro atoms. The largest absolute Gasteiger partial charge is 0.476 e. The molecule has 0 aliphatic carbocycles. The minimum absolute atomic E-state index is 0. The lowest BCUT2D eigenvalue weighted by Gasteiger charge is -2.24. The molecule has 10 heteroatoms. The summed E-state index contributed by atoms with van der Waals surface area (Å²) in [5, 5.41) is 3.42. The van der Waals surface area contributed by atoms with E-state index in [1.54, 1.807) is 50.2 Å². The summed E-state index contributed by atoms with van der Waals surface area (Å²) in [6.07, 6.45) is 0.623. The number of rotatable bonds is 10. The van der Waals surface area contributed by atoms with Gasteiger partial charge in [-0.2, -0.15) is 0 Å². The Bertz CT molecular complexity index is 902. The van der Waals surface area contributed by atoms with Gasteiger partial charge in [-0.15, -0.1) is 12.4 Å². The van der Waals surface area contributed by atoms with Crippen LogP contribution in [0.15, 0.2) is 48.5 Å². The maximum absolute atomic E-state index is 12.1. The smallest absolute Gasteiger partial charge is 0.352 e. The second-order valence-corrected chi connectivity index (χ2v) is 7.48. The topological polar surface area (TPSA) is 117 Å². The van der Waals surface area contributed by atoms with E-state index in [-0.39, 0.29) is 24.9 Å². The molecule has 174 valence electrons. The molecular weight excluding hydrogens is 459 g/mol. The Kier molecular flexibility index (Phi) is 11.0. The number of hydrogen-bond acceptors (Lipinski definition) is 7. The molecule has 0 saturated carbocycles. The number of carbonyl (C=O) groups excluding carboxylic acids is 3. The van der Waals surface area contributed by atoms with E-state index < -0.39 is 24.3 Å². The summed E-state index contributed by atoms with van der Waals surface area (Å²) in [4.78, 5) is 35.2. The van der Waals surface area contributed by atoms with Gasteiger partial charge in [-0.1, -0.05) is 23.7 Å². The first-order valence-electron chi connectivity index (χ1n) is 9.56. The van der Waals surface area contributed by atoms with E-state index in [2.05, 4.69) is 10.1 Å². The van der Waals surface area contributed by atoms with E-state index in [1.807, 2.05) is 12.1 Å². The second-order valence-electron chi connectivity index (χ2n) is 7.04. The predicted octanol–water partition coefficient (Wildman–Crippen LogP) is 2.89. The number of ether oxygens (including phenoxy) is 3. The zero-order chi connectivity index (χ0) is 22.9. The van der Waals surface area contributed by atoms with Gasteiger partial charge < -0.3 is 25.3 Å². The van der Waals surface area contributed by atoms with E-state index in [0.29, 0.717) is 29.3 Å². The van der Waals surface area contributed by atoms with E-state index in [0.717, 1.165) is 5.56 Å². The fraction of sp³-hybridized carbons (Fsp3) is 0.318. The Balaban J connectivity index is 0.00000512. The average molecular weight is 485 g/mol. The van der Waals surface area contributed by atoms with Crippen LogP contribution >= 0.6 is 24.0 Å². The molecule has 0 unspecified atom stereocenters. The maximum Gasteiger partial charge on any atom is 0.352 e. The molecule has 0 bridgehead atoms. The number of esters is 2. The highest BCUT2D eigenvalue weighted by molar-refractivity contribution is 6.30. The van der Waals surface area contributed by atoms with Crippen LogP contribution in [0.1, 0.15) is 29.8 Å². The number of hydrogen-bond donors (Lipinski definition) is 2.